The lowest BCUT2D eigenvalue weighted by molar-refractivity contribution is 0.0899. The quantitative estimate of drug-likeness (QED) is 0.772. The third kappa shape index (κ3) is 3.91. The predicted octanol–water partition coefficient (Wildman–Crippen LogP) is 2.01. The van der Waals surface area contributed by atoms with Gasteiger partial charge in [0.05, 0.1) is 0 Å². The summed E-state index contributed by atoms with van der Waals surface area (Å²) in [4.78, 5) is 12.0. The monoisotopic (exact) mass is 239 g/mol. The summed E-state index contributed by atoms with van der Waals surface area (Å²) < 4.78 is 17.6. The summed E-state index contributed by atoms with van der Waals surface area (Å²) in [6, 6.07) is 5.28. The van der Waals surface area contributed by atoms with Crippen LogP contribution >= 0.6 is 0 Å². The summed E-state index contributed by atoms with van der Waals surface area (Å²) in [5.74, 6) is -0.706. The van der Waals surface area contributed by atoms with Crippen LogP contribution in [0.5, 0.6) is 0 Å². The molecule has 3 nitrogen and oxygen atoms in total. The molecule has 94 valence electrons. The van der Waals surface area contributed by atoms with Gasteiger partial charge in [0.25, 0.3) is 0 Å². The molecule has 1 aromatic carbocycles. The van der Waals surface area contributed by atoms with Gasteiger partial charge in [0.15, 0.2) is 5.78 Å². The van der Waals surface area contributed by atoms with Crippen molar-refractivity contribution in [2.24, 2.45) is 11.7 Å². The molecule has 0 saturated carbocycles. The summed E-state index contributed by atoms with van der Waals surface area (Å²) >= 11 is 0. The number of nitrogens with two attached hydrogens (primary N) is 1. The Morgan fingerprint density at radius 2 is 2.00 bits per heavy atom. The van der Waals surface area contributed by atoms with E-state index in [0.717, 1.165) is 0 Å². The Morgan fingerprint density at radius 1 is 1.41 bits per heavy atom. The Bertz CT molecular complexity index is 364. The number of hydrogen-bond acceptors (Lipinski definition) is 3. The van der Waals surface area contributed by atoms with Crippen LogP contribution in [0, 0.1) is 11.7 Å². The maximum atomic E-state index is 12.7. The number of carbonyl (C=O) groups is 1. The van der Waals surface area contributed by atoms with Crippen molar-refractivity contribution < 1.29 is 13.9 Å². The number of carbonyl (C=O) groups excluding carboxylic acids is 1. The van der Waals surface area contributed by atoms with Gasteiger partial charge in [-0.05, 0) is 30.7 Å². The molecule has 0 saturated heterocycles. The third-order valence-electron chi connectivity index (χ3n) is 2.84. The number of methoxy groups -OCH3 is 1. The van der Waals surface area contributed by atoms with Gasteiger partial charge in [-0.25, -0.2) is 4.39 Å². The molecule has 17 heavy (non-hydrogen) atoms. The molecule has 2 N–H and O–H groups in total. The van der Waals surface area contributed by atoms with E-state index in [-0.39, 0.29) is 23.6 Å². The smallest absolute Gasteiger partial charge is 0.167 e. The molecule has 0 aliphatic rings. The average molecular weight is 239 g/mol. The second kappa shape index (κ2) is 6.47. The Morgan fingerprint density at radius 3 is 2.53 bits per heavy atom. The highest BCUT2D eigenvalue weighted by atomic mass is 19.1. The first kappa shape index (κ1) is 13.8. The van der Waals surface area contributed by atoms with E-state index in [0.29, 0.717) is 18.6 Å². The first-order valence-corrected chi connectivity index (χ1v) is 5.60. The Hall–Kier alpha value is -1.26. The standard InChI is InChI=1S/C13H18FNO2/c1-9(12(15)7-8-17-2)13(16)10-3-5-11(14)6-4-10/h3-6,9,12H,7-8,15H2,1-2H3. The van der Waals surface area contributed by atoms with Gasteiger partial charge in [0.2, 0.25) is 0 Å². The number of halogens is 1. The van der Waals surface area contributed by atoms with Crippen LogP contribution in [-0.2, 0) is 4.74 Å². The number of ether oxygens (including phenoxy) is 1. The largest absolute Gasteiger partial charge is 0.385 e. The van der Waals surface area contributed by atoms with Crippen molar-refractivity contribution in [2.75, 3.05) is 13.7 Å². The number of ketones is 1. The fourth-order valence-corrected chi connectivity index (χ4v) is 1.58. The van der Waals surface area contributed by atoms with Crippen LogP contribution in [0.15, 0.2) is 24.3 Å². The minimum absolute atomic E-state index is 0.0615. The topological polar surface area (TPSA) is 52.3 Å². The highest BCUT2D eigenvalue weighted by molar-refractivity contribution is 5.98. The van der Waals surface area contributed by atoms with Crippen LogP contribution in [0.3, 0.4) is 0 Å². The van der Waals surface area contributed by atoms with Crippen LogP contribution in [0.1, 0.15) is 23.7 Å². The maximum Gasteiger partial charge on any atom is 0.167 e. The minimum atomic E-state index is -0.349. The summed E-state index contributed by atoms with van der Waals surface area (Å²) in [6.07, 6.45) is 0.630. The summed E-state index contributed by atoms with van der Waals surface area (Å²) in [5.41, 5.74) is 6.39. The van der Waals surface area contributed by atoms with Gasteiger partial charge in [0, 0.05) is 31.2 Å². The molecule has 0 aliphatic carbocycles. The van der Waals surface area contributed by atoms with Crippen LogP contribution in [0.4, 0.5) is 4.39 Å². The zero-order chi connectivity index (χ0) is 12.8. The van der Waals surface area contributed by atoms with Crippen molar-refractivity contribution in [1.29, 1.82) is 0 Å². The molecule has 2 unspecified atom stereocenters. The van der Waals surface area contributed by atoms with Crippen molar-refractivity contribution in [3.05, 3.63) is 35.6 Å². The molecule has 0 heterocycles. The molecule has 0 amide bonds. The molecule has 2 atom stereocenters. The van der Waals surface area contributed by atoms with Gasteiger partial charge in [0.1, 0.15) is 5.82 Å². The molecule has 4 heteroatoms. The van der Waals surface area contributed by atoms with E-state index in [9.17, 15) is 9.18 Å². The Balaban J connectivity index is 2.65. The Kier molecular flexibility index (Phi) is 5.25. The van der Waals surface area contributed by atoms with Crippen LogP contribution in [0.2, 0.25) is 0 Å². The molecular weight excluding hydrogens is 221 g/mol. The molecule has 0 bridgehead atoms. The van der Waals surface area contributed by atoms with Gasteiger partial charge < -0.3 is 10.5 Å². The van der Waals surface area contributed by atoms with Gasteiger partial charge in [-0.2, -0.15) is 0 Å². The van der Waals surface area contributed by atoms with Gasteiger partial charge in [-0.15, -0.1) is 0 Å². The second-order valence-corrected chi connectivity index (χ2v) is 4.11. The molecule has 0 aromatic heterocycles. The van der Waals surface area contributed by atoms with Crippen molar-refractivity contribution >= 4 is 5.78 Å². The van der Waals surface area contributed by atoms with Crippen molar-refractivity contribution in [3.8, 4) is 0 Å². The lowest BCUT2D eigenvalue weighted by Gasteiger charge is -2.18. The summed E-state index contributed by atoms with van der Waals surface area (Å²) in [5, 5.41) is 0. The minimum Gasteiger partial charge on any atom is -0.385 e. The van der Waals surface area contributed by atoms with Crippen molar-refractivity contribution in [2.45, 2.75) is 19.4 Å². The van der Waals surface area contributed by atoms with Gasteiger partial charge in [-0.3, -0.25) is 4.79 Å². The number of Topliss-reactive ketones (excluding diaryl/α,β-unsaturated/α-hetero) is 1. The molecular formula is C13H18FNO2. The van der Waals surface area contributed by atoms with Crippen molar-refractivity contribution in [1.82, 2.24) is 0 Å². The van der Waals surface area contributed by atoms with E-state index in [1.54, 1.807) is 14.0 Å². The predicted molar refractivity (Wildman–Crippen MR) is 64.4 cm³/mol. The third-order valence-corrected chi connectivity index (χ3v) is 2.84. The van der Waals surface area contributed by atoms with Crippen LogP contribution in [0.25, 0.3) is 0 Å². The highest BCUT2D eigenvalue weighted by Crippen LogP contribution is 2.14. The van der Waals surface area contributed by atoms with Gasteiger partial charge >= 0.3 is 0 Å². The fourth-order valence-electron chi connectivity index (χ4n) is 1.58. The van der Waals surface area contributed by atoms with E-state index >= 15 is 0 Å². The SMILES string of the molecule is COCCC(N)C(C)C(=O)c1ccc(F)cc1. The van der Waals surface area contributed by atoms with E-state index in [1.165, 1.54) is 24.3 Å². The van der Waals surface area contributed by atoms with Gasteiger partial charge in [-0.1, -0.05) is 6.92 Å². The first-order chi connectivity index (χ1) is 8.06. The molecule has 0 aliphatic heterocycles. The normalized spacial score (nSPS) is 14.4. The average Bonchev–Trinajstić information content (AvgIpc) is 2.35. The fraction of sp³-hybridized carbons (Fsp3) is 0.462. The Labute approximate surface area is 101 Å². The summed E-state index contributed by atoms with van der Waals surface area (Å²) in [7, 11) is 1.60. The zero-order valence-corrected chi connectivity index (χ0v) is 10.2. The van der Waals surface area contributed by atoms with E-state index in [1.807, 2.05) is 0 Å². The molecule has 0 fully saturated rings. The number of hydrogen-bond donors (Lipinski definition) is 1. The lowest BCUT2D eigenvalue weighted by Crippen LogP contribution is -2.34. The summed E-state index contributed by atoms with van der Waals surface area (Å²) in [6.45, 7) is 2.31. The molecule has 0 spiro atoms. The van der Waals surface area contributed by atoms with E-state index in [4.69, 9.17) is 10.5 Å². The van der Waals surface area contributed by atoms with Crippen LogP contribution < -0.4 is 5.73 Å². The van der Waals surface area contributed by atoms with Crippen molar-refractivity contribution in [3.63, 3.8) is 0 Å². The van der Waals surface area contributed by atoms with E-state index < -0.39 is 0 Å². The maximum absolute atomic E-state index is 12.7. The highest BCUT2D eigenvalue weighted by Gasteiger charge is 2.21. The lowest BCUT2D eigenvalue weighted by atomic mass is 9.91. The molecule has 1 aromatic rings. The molecule has 1 rings (SSSR count). The number of rotatable bonds is 6. The zero-order valence-electron chi connectivity index (χ0n) is 10.2. The molecule has 0 radical (unpaired) electrons. The van der Waals surface area contributed by atoms with E-state index in [2.05, 4.69) is 0 Å². The first-order valence-electron chi connectivity index (χ1n) is 5.60. The number of benzene rings is 1. The van der Waals surface area contributed by atoms with Crippen LogP contribution in [-0.4, -0.2) is 25.5 Å². The second-order valence-electron chi connectivity index (χ2n) is 4.11.